The van der Waals surface area contributed by atoms with Gasteiger partial charge in [0.2, 0.25) is 0 Å². The van der Waals surface area contributed by atoms with Crippen LogP contribution in [0.2, 0.25) is 0 Å². The largest absolute Gasteiger partial charge is 0.394 e. The summed E-state index contributed by atoms with van der Waals surface area (Å²) in [5, 5.41) is 52.3. The zero-order valence-electron chi connectivity index (χ0n) is 12.6. The van der Waals surface area contributed by atoms with Crippen molar-refractivity contribution in [1.29, 1.82) is 0 Å². The van der Waals surface area contributed by atoms with Gasteiger partial charge in [0.25, 0.3) is 5.91 Å². The maximum atomic E-state index is 12.7. The van der Waals surface area contributed by atoms with Crippen molar-refractivity contribution in [3.63, 3.8) is 0 Å². The van der Waals surface area contributed by atoms with Crippen LogP contribution in [0.1, 0.15) is 0 Å². The molecule has 0 aromatic heterocycles. The van der Waals surface area contributed by atoms with Crippen molar-refractivity contribution in [3.8, 4) is 0 Å². The van der Waals surface area contributed by atoms with Gasteiger partial charge in [0.05, 0.1) is 19.4 Å². The fraction of sp³-hybridized carbons (Fsp3) is 0.429. The predicted molar refractivity (Wildman–Crippen MR) is 82.6 cm³/mol. The first-order valence-electron chi connectivity index (χ1n) is 6.99. The SMILES string of the molecule is O=C(CNc1ccc(F)cc1)NN=CC(O)C(O)C(O)C(O)CO. The number of rotatable bonds is 9. The maximum absolute atomic E-state index is 12.7. The van der Waals surface area contributed by atoms with E-state index in [1.165, 1.54) is 24.3 Å². The van der Waals surface area contributed by atoms with Crippen LogP contribution in [0.4, 0.5) is 10.1 Å². The molecule has 0 aliphatic carbocycles. The highest BCUT2D eigenvalue weighted by molar-refractivity contribution is 5.81. The lowest BCUT2D eigenvalue weighted by Gasteiger charge is -2.23. The third kappa shape index (κ3) is 6.56. The standard InChI is InChI=1S/C14H20FN3O6/c15-8-1-3-9(4-2-8)16-6-12(22)18-17-5-10(20)13(23)14(24)11(21)7-19/h1-5,10-11,13-14,16,19-21,23-24H,6-7H2,(H,18,22). The van der Waals surface area contributed by atoms with Gasteiger partial charge in [0, 0.05) is 5.69 Å². The Labute approximate surface area is 137 Å². The second-order valence-electron chi connectivity index (χ2n) is 4.90. The van der Waals surface area contributed by atoms with Crippen LogP contribution in [-0.4, -0.2) is 75.2 Å². The van der Waals surface area contributed by atoms with Gasteiger partial charge in [0.1, 0.15) is 30.2 Å². The molecule has 134 valence electrons. The van der Waals surface area contributed by atoms with Gasteiger partial charge in [-0.1, -0.05) is 0 Å². The van der Waals surface area contributed by atoms with Crippen LogP contribution in [0, 0.1) is 5.82 Å². The van der Waals surface area contributed by atoms with E-state index in [1.807, 2.05) is 0 Å². The number of carbonyl (C=O) groups is 1. The lowest BCUT2D eigenvalue weighted by Crippen LogP contribution is -2.46. The Hall–Kier alpha value is -2.11. The third-order valence-electron chi connectivity index (χ3n) is 2.99. The molecule has 0 bridgehead atoms. The van der Waals surface area contributed by atoms with Gasteiger partial charge >= 0.3 is 0 Å². The minimum atomic E-state index is -1.80. The molecule has 10 heteroatoms. The molecule has 0 heterocycles. The molecule has 0 saturated heterocycles. The van der Waals surface area contributed by atoms with E-state index in [2.05, 4.69) is 15.8 Å². The Balaban J connectivity index is 2.37. The fourth-order valence-electron chi connectivity index (χ4n) is 1.60. The number of hydrogen-bond acceptors (Lipinski definition) is 8. The molecule has 0 fully saturated rings. The molecule has 0 spiro atoms. The molecule has 0 aliphatic heterocycles. The topological polar surface area (TPSA) is 155 Å². The first-order valence-corrected chi connectivity index (χ1v) is 6.99. The van der Waals surface area contributed by atoms with Crippen LogP contribution in [0.15, 0.2) is 29.4 Å². The maximum Gasteiger partial charge on any atom is 0.259 e. The Kier molecular flexibility index (Phi) is 8.22. The fourth-order valence-corrected chi connectivity index (χ4v) is 1.60. The summed E-state index contributed by atoms with van der Waals surface area (Å²) in [5.74, 6) is -0.983. The number of benzene rings is 1. The normalized spacial score (nSPS) is 16.4. The molecule has 1 amide bonds. The zero-order valence-corrected chi connectivity index (χ0v) is 12.6. The zero-order chi connectivity index (χ0) is 18.1. The number of amides is 1. The minimum Gasteiger partial charge on any atom is -0.394 e. The molecular weight excluding hydrogens is 325 g/mol. The summed E-state index contributed by atoms with van der Waals surface area (Å²) in [6.07, 6.45) is -6.13. The molecule has 4 unspecified atom stereocenters. The quantitative estimate of drug-likeness (QED) is 0.197. The number of hydrogen-bond donors (Lipinski definition) is 7. The van der Waals surface area contributed by atoms with Gasteiger partial charge < -0.3 is 30.8 Å². The van der Waals surface area contributed by atoms with Crippen molar-refractivity contribution in [1.82, 2.24) is 5.43 Å². The van der Waals surface area contributed by atoms with Gasteiger partial charge in [-0.05, 0) is 24.3 Å². The highest BCUT2D eigenvalue weighted by atomic mass is 19.1. The molecule has 9 nitrogen and oxygen atoms in total. The number of hydrazone groups is 1. The summed E-state index contributed by atoms with van der Waals surface area (Å²) in [6, 6.07) is 5.34. The molecule has 1 rings (SSSR count). The third-order valence-corrected chi connectivity index (χ3v) is 2.99. The van der Waals surface area contributed by atoms with Crippen LogP contribution in [0.5, 0.6) is 0 Å². The van der Waals surface area contributed by atoms with Crippen molar-refractivity contribution in [2.75, 3.05) is 18.5 Å². The van der Waals surface area contributed by atoms with E-state index >= 15 is 0 Å². The number of nitrogens with zero attached hydrogens (tertiary/aromatic N) is 1. The average molecular weight is 345 g/mol. The van der Waals surface area contributed by atoms with E-state index in [0.29, 0.717) is 5.69 Å². The Morgan fingerprint density at radius 1 is 1.17 bits per heavy atom. The second-order valence-corrected chi connectivity index (χ2v) is 4.90. The van der Waals surface area contributed by atoms with E-state index < -0.39 is 42.7 Å². The van der Waals surface area contributed by atoms with E-state index in [4.69, 9.17) is 10.2 Å². The summed E-state index contributed by atoms with van der Waals surface area (Å²) in [4.78, 5) is 11.5. The monoisotopic (exact) mass is 345 g/mol. The van der Waals surface area contributed by atoms with Crippen LogP contribution in [-0.2, 0) is 4.79 Å². The second kappa shape index (κ2) is 9.90. The smallest absolute Gasteiger partial charge is 0.259 e. The van der Waals surface area contributed by atoms with Gasteiger partial charge in [-0.2, -0.15) is 5.10 Å². The van der Waals surface area contributed by atoms with Crippen LogP contribution in [0.3, 0.4) is 0 Å². The van der Waals surface area contributed by atoms with Crippen molar-refractivity contribution >= 4 is 17.8 Å². The number of carbonyl (C=O) groups excluding carboxylic acids is 1. The van der Waals surface area contributed by atoms with Crippen LogP contribution in [0.25, 0.3) is 0 Å². The van der Waals surface area contributed by atoms with Crippen molar-refractivity contribution in [2.45, 2.75) is 24.4 Å². The molecule has 1 aromatic rings. The first kappa shape index (κ1) is 19.9. The summed E-state index contributed by atoms with van der Waals surface area (Å²) in [5.41, 5.74) is 2.58. The van der Waals surface area contributed by atoms with Crippen LogP contribution >= 0.6 is 0 Å². The van der Waals surface area contributed by atoms with E-state index in [0.717, 1.165) is 6.21 Å². The Morgan fingerprint density at radius 3 is 2.38 bits per heavy atom. The predicted octanol–water partition coefficient (Wildman–Crippen LogP) is -2.22. The number of halogens is 1. The lowest BCUT2D eigenvalue weighted by atomic mass is 10.0. The summed E-state index contributed by atoms with van der Waals surface area (Å²) in [6.45, 7) is -0.971. The lowest BCUT2D eigenvalue weighted by molar-refractivity contribution is -0.119. The molecule has 0 saturated carbocycles. The Morgan fingerprint density at radius 2 is 1.79 bits per heavy atom. The van der Waals surface area contributed by atoms with E-state index in [-0.39, 0.29) is 6.54 Å². The molecule has 4 atom stereocenters. The molecule has 0 radical (unpaired) electrons. The number of nitrogens with one attached hydrogen (secondary N) is 2. The van der Waals surface area contributed by atoms with Gasteiger partial charge in [-0.25, -0.2) is 9.82 Å². The number of anilines is 1. The summed E-state index contributed by atoms with van der Waals surface area (Å²) in [7, 11) is 0. The van der Waals surface area contributed by atoms with E-state index in [9.17, 15) is 24.5 Å². The van der Waals surface area contributed by atoms with Crippen molar-refractivity contribution in [3.05, 3.63) is 30.1 Å². The molecule has 7 N–H and O–H groups in total. The minimum absolute atomic E-state index is 0.173. The molecule has 0 aliphatic rings. The number of aliphatic hydroxyl groups is 5. The summed E-state index contributed by atoms with van der Waals surface area (Å²) >= 11 is 0. The average Bonchev–Trinajstić information content (AvgIpc) is 2.59. The first-order chi connectivity index (χ1) is 11.3. The molecule has 1 aromatic carbocycles. The van der Waals surface area contributed by atoms with Gasteiger partial charge in [0.15, 0.2) is 0 Å². The van der Waals surface area contributed by atoms with Crippen molar-refractivity contribution < 1.29 is 34.7 Å². The van der Waals surface area contributed by atoms with Crippen molar-refractivity contribution in [2.24, 2.45) is 5.10 Å². The van der Waals surface area contributed by atoms with Crippen LogP contribution < -0.4 is 10.7 Å². The molecular formula is C14H20FN3O6. The molecule has 24 heavy (non-hydrogen) atoms. The highest BCUT2D eigenvalue weighted by Gasteiger charge is 2.29. The summed E-state index contributed by atoms with van der Waals surface area (Å²) < 4.78 is 12.7. The van der Waals surface area contributed by atoms with Gasteiger partial charge in [-0.3, -0.25) is 4.79 Å². The Bertz CT molecular complexity index is 542. The number of aliphatic hydroxyl groups excluding tert-OH is 5. The van der Waals surface area contributed by atoms with Gasteiger partial charge in [-0.15, -0.1) is 0 Å². The highest BCUT2D eigenvalue weighted by Crippen LogP contribution is 2.07. The van der Waals surface area contributed by atoms with E-state index in [1.54, 1.807) is 0 Å².